The van der Waals surface area contributed by atoms with Crippen molar-refractivity contribution in [2.75, 3.05) is 33.5 Å². The molecule has 0 bridgehead atoms. The van der Waals surface area contributed by atoms with Crippen LogP contribution in [0.3, 0.4) is 0 Å². The molecule has 0 rings (SSSR count). The number of carboxylic acid groups (broad SMARTS) is 1. The van der Waals surface area contributed by atoms with Gasteiger partial charge in [0, 0.05) is 26.9 Å². The number of nitrogens with one attached hydrogen (secondary N) is 2. The Morgan fingerprint density at radius 1 is 1.41 bits per heavy atom. The van der Waals surface area contributed by atoms with E-state index in [4.69, 9.17) is 9.84 Å². The largest absolute Gasteiger partial charge is 0.480 e. The highest BCUT2D eigenvalue weighted by Crippen LogP contribution is 1.86. The van der Waals surface area contributed by atoms with E-state index in [-0.39, 0.29) is 6.61 Å². The summed E-state index contributed by atoms with van der Waals surface area (Å²) < 4.78 is 9.77. The van der Waals surface area contributed by atoms with Gasteiger partial charge in [-0.3, -0.25) is 0 Å². The molecule has 0 radical (unpaired) electrons. The van der Waals surface area contributed by atoms with Gasteiger partial charge >= 0.3 is 12.0 Å². The molecule has 0 aliphatic rings. The van der Waals surface area contributed by atoms with Crippen LogP contribution in [0.5, 0.6) is 0 Å². The van der Waals surface area contributed by atoms with E-state index in [0.29, 0.717) is 26.2 Å². The zero-order valence-corrected chi connectivity index (χ0v) is 10.2. The van der Waals surface area contributed by atoms with Gasteiger partial charge in [0.2, 0.25) is 0 Å². The number of ether oxygens (including phenoxy) is 2. The van der Waals surface area contributed by atoms with Crippen molar-refractivity contribution in [3.8, 4) is 0 Å². The predicted molar refractivity (Wildman–Crippen MR) is 60.9 cm³/mol. The Bertz CT molecular complexity index is 235. The molecule has 0 aromatic rings. The third-order valence-electron chi connectivity index (χ3n) is 1.89. The van der Waals surface area contributed by atoms with Crippen LogP contribution in [0.2, 0.25) is 0 Å². The lowest BCUT2D eigenvalue weighted by molar-refractivity contribution is -0.140. The number of carboxylic acids is 1. The van der Waals surface area contributed by atoms with Crippen LogP contribution in [0.25, 0.3) is 0 Å². The average Bonchev–Trinajstić information content (AvgIpc) is 2.28. The smallest absolute Gasteiger partial charge is 0.328 e. The Labute approximate surface area is 100 Å². The van der Waals surface area contributed by atoms with Gasteiger partial charge in [-0.15, -0.1) is 0 Å². The Morgan fingerprint density at radius 2 is 2.12 bits per heavy atom. The van der Waals surface area contributed by atoms with Gasteiger partial charge in [-0.2, -0.15) is 0 Å². The number of amides is 2. The van der Waals surface area contributed by atoms with Crippen LogP contribution in [0.1, 0.15) is 13.3 Å². The standard InChI is InChI=1S/C10H20N2O5/c1-3-17-6-4-5-11-10(15)12-8(7-16-2)9(13)14/h8H,3-7H2,1-2H3,(H,13,14)(H2,11,12,15). The molecule has 1 unspecified atom stereocenters. The summed E-state index contributed by atoms with van der Waals surface area (Å²) in [7, 11) is 1.37. The molecule has 0 aromatic carbocycles. The fraction of sp³-hybridized carbons (Fsp3) is 0.800. The van der Waals surface area contributed by atoms with E-state index in [0.717, 1.165) is 0 Å². The second-order valence-corrected chi connectivity index (χ2v) is 3.30. The van der Waals surface area contributed by atoms with Crippen molar-refractivity contribution in [1.82, 2.24) is 10.6 Å². The molecule has 100 valence electrons. The Balaban J connectivity index is 3.71. The zero-order chi connectivity index (χ0) is 13.1. The second kappa shape index (κ2) is 9.86. The summed E-state index contributed by atoms with van der Waals surface area (Å²) in [4.78, 5) is 22.0. The second-order valence-electron chi connectivity index (χ2n) is 3.30. The maximum atomic E-state index is 11.3. The molecule has 0 aliphatic heterocycles. The Hall–Kier alpha value is -1.34. The highest BCUT2D eigenvalue weighted by molar-refractivity contribution is 5.82. The van der Waals surface area contributed by atoms with Crippen molar-refractivity contribution in [3.63, 3.8) is 0 Å². The van der Waals surface area contributed by atoms with Crippen LogP contribution in [0, 0.1) is 0 Å². The zero-order valence-electron chi connectivity index (χ0n) is 10.2. The predicted octanol–water partition coefficient (Wildman–Crippen LogP) is -0.188. The number of aliphatic carboxylic acids is 1. The Morgan fingerprint density at radius 3 is 2.65 bits per heavy atom. The monoisotopic (exact) mass is 248 g/mol. The van der Waals surface area contributed by atoms with Gasteiger partial charge < -0.3 is 25.2 Å². The molecule has 0 saturated heterocycles. The van der Waals surface area contributed by atoms with E-state index in [2.05, 4.69) is 15.4 Å². The number of carbonyl (C=O) groups is 2. The lowest BCUT2D eigenvalue weighted by Gasteiger charge is -2.14. The van der Waals surface area contributed by atoms with E-state index in [1.54, 1.807) is 0 Å². The summed E-state index contributed by atoms with van der Waals surface area (Å²) in [5, 5.41) is 13.6. The molecular formula is C10H20N2O5. The number of urea groups is 1. The number of methoxy groups -OCH3 is 1. The minimum atomic E-state index is -1.13. The van der Waals surface area contributed by atoms with E-state index >= 15 is 0 Å². The highest BCUT2D eigenvalue weighted by Gasteiger charge is 2.18. The molecule has 0 fully saturated rings. The maximum Gasteiger partial charge on any atom is 0.328 e. The summed E-state index contributed by atoms with van der Waals surface area (Å²) >= 11 is 0. The minimum Gasteiger partial charge on any atom is -0.480 e. The molecule has 2 amide bonds. The number of rotatable bonds is 9. The molecule has 0 aliphatic carbocycles. The molecule has 7 nitrogen and oxygen atoms in total. The molecule has 0 aromatic heterocycles. The lowest BCUT2D eigenvalue weighted by atomic mass is 10.3. The van der Waals surface area contributed by atoms with Crippen molar-refractivity contribution in [2.24, 2.45) is 0 Å². The van der Waals surface area contributed by atoms with Crippen molar-refractivity contribution >= 4 is 12.0 Å². The van der Waals surface area contributed by atoms with Crippen LogP contribution >= 0.6 is 0 Å². The molecule has 0 saturated carbocycles. The van der Waals surface area contributed by atoms with E-state index in [9.17, 15) is 9.59 Å². The molecule has 0 heterocycles. The third-order valence-corrected chi connectivity index (χ3v) is 1.89. The van der Waals surface area contributed by atoms with Crippen molar-refractivity contribution in [2.45, 2.75) is 19.4 Å². The highest BCUT2D eigenvalue weighted by atomic mass is 16.5. The maximum absolute atomic E-state index is 11.3. The van der Waals surface area contributed by atoms with Crippen LogP contribution in [0.4, 0.5) is 4.79 Å². The average molecular weight is 248 g/mol. The van der Waals surface area contributed by atoms with E-state index in [1.165, 1.54) is 7.11 Å². The molecule has 1 atom stereocenters. The van der Waals surface area contributed by atoms with Crippen LogP contribution in [-0.4, -0.2) is 56.6 Å². The summed E-state index contributed by atoms with van der Waals surface area (Å²) in [5.74, 6) is -1.13. The molecule has 0 spiro atoms. The summed E-state index contributed by atoms with van der Waals surface area (Å²) in [6, 6.07) is -1.56. The minimum absolute atomic E-state index is 0.0678. The molecule has 7 heteroatoms. The SMILES string of the molecule is CCOCCCNC(=O)NC(COC)C(=O)O. The van der Waals surface area contributed by atoms with Crippen LogP contribution < -0.4 is 10.6 Å². The van der Waals surface area contributed by atoms with Crippen molar-refractivity contribution in [1.29, 1.82) is 0 Å². The first kappa shape index (κ1) is 15.7. The first-order chi connectivity index (χ1) is 8.11. The first-order valence-corrected chi connectivity index (χ1v) is 5.45. The van der Waals surface area contributed by atoms with Crippen LogP contribution in [-0.2, 0) is 14.3 Å². The van der Waals surface area contributed by atoms with Gasteiger partial charge in [0.25, 0.3) is 0 Å². The van der Waals surface area contributed by atoms with Crippen molar-refractivity contribution < 1.29 is 24.2 Å². The molecule has 3 N–H and O–H groups in total. The number of carbonyl (C=O) groups excluding carboxylic acids is 1. The third kappa shape index (κ3) is 8.47. The van der Waals surface area contributed by atoms with Gasteiger partial charge in [0.15, 0.2) is 6.04 Å². The fourth-order valence-electron chi connectivity index (χ4n) is 1.07. The number of hydrogen-bond acceptors (Lipinski definition) is 4. The van der Waals surface area contributed by atoms with Crippen LogP contribution in [0.15, 0.2) is 0 Å². The summed E-state index contributed by atoms with van der Waals surface area (Å²) in [6.45, 7) is 3.47. The normalized spacial score (nSPS) is 11.9. The quantitative estimate of drug-likeness (QED) is 0.491. The van der Waals surface area contributed by atoms with Gasteiger partial charge in [-0.05, 0) is 13.3 Å². The van der Waals surface area contributed by atoms with E-state index in [1.807, 2.05) is 6.92 Å². The summed E-state index contributed by atoms with van der Waals surface area (Å²) in [5.41, 5.74) is 0. The van der Waals surface area contributed by atoms with Gasteiger partial charge in [0.1, 0.15) is 0 Å². The number of hydrogen-bond donors (Lipinski definition) is 3. The topological polar surface area (TPSA) is 96.9 Å². The van der Waals surface area contributed by atoms with Gasteiger partial charge in [-0.1, -0.05) is 0 Å². The molecular weight excluding hydrogens is 228 g/mol. The van der Waals surface area contributed by atoms with E-state index < -0.39 is 18.0 Å². The van der Waals surface area contributed by atoms with Gasteiger partial charge in [0.05, 0.1) is 6.61 Å². The lowest BCUT2D eigenvalue weighted by Crippen LogP contribution is -2.48. The Kier molecular flexibility index (Phi) is 9.08. The summed E-state index contributed by atoms with van der Waals surface area (Å²) in [6.07, 6.45) is 0.684. The van der Waals surface area contributed by atoms with Crippen molar-refractivity contribution in [3.05, 3.63) is 0 Å². The molecule has 17 heavy (non-hydrogen) atoms. The van der Waals surface area contributed by atoms with Gasteiger partial charge in [-0.25, -0.2) is 9.59 Å². The first-order valence-electron chi connectivity index (χ1n) is 5.45. The fourth-order valence-corrected chi connectivity index (χ4v) is 1.07.